The number of carbonyl (C=O) groups excluding carboxylic acids is 1. The van der Waals surface area contributed by atoms with Crippen LogP contribution in [0.25, 0.3) is 0 Å². The number of hydrogen-bond donors (Lipinski definition) is 2. The predicted octanol–water partition coefficient (Wildman–Crippen LogP) is 1.69. The van der Waals surface area contributed by atoms with Crippen LogP contribution in [0.4, 0.5) is 11.8 Å². The van der Waals surface area contributed by atoms with Gasteiger partial charge in [-0.15, -0.1) is 6.58 Å². The van der Waals surface area contributed by atoms with Crippen molar-refractivity contribution in [2.75, 3.05) is 56.1 Å². The zero-order valence-corrected chi connectivity index (χ0v) is 16.5. The molecule has 29 heavy (non-hydrogen) atoms. The lowest BCUT2D eigenvalue weighted by Crippen LogP contribution is -2.48. The van der Waals surface area contributed by atoms with Gasteiger partial charge in [0.05, 0.1) is 24.1 Å². The van der Waals surface area contributed by atoms with Crippen LogP contribution in [0.2, 0.25) is 0 Å². The molecule has 2 aromatic heterocycles. The van der Waals surface area contributed by atoms with Crippen molar-refractivity contribution in [1.29, 1.82) is 0 Å². The van der Waals surface area contributed by atoms with Gasteiger partial charge in [-0.3, -0.25) is 9.69 Å². The zero-order valence-electron chi connectivity index (χ0n) is 16.5. The fourth-order valence-corrected chi connectivity index (χ4v) is 4.04. The van der Waals surface area contributed by atoms with Crippen LogP contribution in [0.5, 0.6) is 0 Å². The summed E-state index contributed by atoms with van der Waals surface area (Å²) in [5.74, 6) is 2.10. The number of nitrogens with zero attached hydrogens (tertiary/aromatic N) is 4. The number of aromatic nitrogens is 2. The lowest BCUT2D eigenvalue weighted by molar-refractivity contribution is 0.0959. The van der Waals surface area contributed by atoms with E-state index in [2.05, 4.69) is 21.7 Å². The van der Waals surface area contributed by atoms with Crippen LogP contribution in [0.1, 0.15) is 34.2 Å². The molecule has 154 valence electrons. The highest BCUT2D eigenvalue weighted by atomic mass is 16.3. The van der Waals surface area contributed by atoms with E-state index in [1.165, 1.54) is 0 Å². The van der Waals surface area contributed by atoms with Gasteiger partial charge in [-0.1, -0.05) is 6.08 Å². The molecule has 4 rings (SSSR count). The highest BCUT2D eigenvalue weighted by Crippen LogP contribution is 2.35. The number of carbonyl (C=O) groups is 1. The van der Waals surface area contributed by atoms with E-state index in [4.69, 9.17) is 19.5 Å². The van der Waals surface area contributed by atoms with Gasteiger partial charge in [0, 0.05) is 58.0 Å². The Morgan fingerprint density at radius 3 is 2.79 bits per heavy atom. The summed E-state index contributed by atoms with van der Waals surface area (Å²) in [5, 5.41) is 12.4. The summed E-state index contributed by atoms with van der Waals surface area (Å²) in [6.45, 7) is 8.41. The van der Waals surface area contributed by atoms with Gasteiger partial charge in [-0.2, -0.15) is 4.98 Å². The molecule has 1 fully saturated rings. The average Bonchev–Trinajstić information content (AvgIpc) is 3.27. The molecule has 0 amide bonds. The number of piperazine rings is 1. The summed E-state index contributed by atoms with van der Waals surface area (Å²) in [6.07, 6.45) is 4.44. The Balaban J connectivity index is 1.63. The van der Waals surface area contributed by atoms with Crippen LogP contribution < -0.4 is 10.2 Å². The van der Waals surface area contributed by atoms with Crippen LogP contribution in [-0.4, -0.2) is 71.6 Å². The largest absolute Gasteiger partial charge is 0.469 e. The maximum atomic E-state index is 12.9. The molecule has 8 nitrogen and oxygen atoms in total. The number of hydrogen-bond acceptors (Lipinski definition) is 8. The fourth-order valence-electron chi connectivity index (χ4n) is 4.04. The van der Waals surface area contributed by atoms with Gasteiger partial charge in [0.15, 0.2) is 5.78 Å². The van der Waals surface area contributed by atoms with Gasteiger partial charge in [0.2, 0.25) is 5.95 Å². The van der Waals surface area contributed by atoms with Gasteiger partial charge in [0.1, 0.15) is 11.6 Å². The second-order valence-corrected chi connectivity index (χ2v) is 7.46. The molecule has 1 atom stereocenters. The molecule has 0 radical (unpaired) electrons. The van der Waals surface area contributed by atoms with Gasteiger partial charge < -0.3 is 19.7 Å². The first-order chi connectivity index (χ1) is 14.2. The summed E-state index contributed by atoms with van der Waals surface area (Å²) in [6, 6.07) is 3.77. The minimum absolute atomic E-state index is 0.00130. The molecule has 0 aromatic carbocycles. The monoisotopic (exact) mass is 397 g/mol. The number of aliphatic hydroxyl groups is 1. The molecule has 2 aliphatic rings. The molecule has 2 aromatic rings. The highest BCUT2D eigenvalue weighted by molar-refractivity contribution is 6.03. The van der Waals surface area contributed by atoms with Crippen molar-refractivity contribution in [2.24, 2.45) is 0 Å². The standard InChI is InChI=1S/C21H27N5O3/c1-2-5-22-20-19-16(13-15(14-17(19)28)18-4-3-12-29-18)23-21(24-20)26-8-6-25(7-9-26)10-11-27/h2-4,12,15,27H,1,5-11,13-14H2,(H,22,23,24)/t15-/m0/s1. The molecular formula is C21H27N5O3. The minimum Gasteiger partial charge on any atom is -0.469 e. The molecular weight excluding hydrogens is 370 g/mol. The van der Waals surface area contributed by atoms with Crippen molar-refractivity contribution in [1.82, 2.24) is 14.9 Å². The van der Waals surface area contributed by atoms with Crippen molar-refractivity contribution in [3.63, 3.8) is 0 Å². The van der Waals surface area contributed by atoms with Crippen LogP contribution >= 0.6 is 0 Å². The summed E-state index contributed by atoms with van der Waals surface area (Å²) in [4.78, 5) is 26.8. The highest BCUT2D eigenvalue weighted by Gasteiger charge is 2.33. The first-order valence-electron chi connectivity index (χ1n) is 10.1. The summed E-state index contributed by atoms with van der Waals surface area (Å²) in [5.41, 5.74) is 1.37. The van der Waals surface area contributed by atoms with Crippen molar-refractivity contribution in [2.45, 2.75) is 18.8 Å². The van der Waals surface area contributed by atoms with Gasteiger partial charge in [0.25, 0.3) is 0 Å². The van der Waals surface area contributed by atoms with E-state index in [0.717, 1.165) is 37.6 Å². The molecule has 0 bridgehead atoms. The fraction of sp³-hybridized carbons (Fsp3) is 0.476. The van der Waals surface area contributed by atoms with Gasteiger partial charge in [-0.05, 0) is 12.1 Å². The lowest BCUT2D eigenvalue weighted by atomic mass is 9.84. The van der Waals surface area contributed by atoms with E-state index < -0.39 is 0 Å². The first kappa shape index (κ1) is 19.6. The number of rotatable bonds is 7. The SMILES string of the molecule is C=CCNc1nc(N2CCN(CCO)CC2)nc2c1C(=O)C[C@@H](c1ccco1)C2. The number of anilines is 2. The molecule has 1 saturated heterocycles. The predicted molar refractivity (Wildman–Crippen MR) is 111 cm³/mol. The topological polar surface area (TPSA) is 94.7 Å². The third-order valence-electron chi connectivity index (χ3n) is 5.55. The molecule has 0 saturated carbocycles. The van der Waals surface area contributed by atoms with E-state index in [0.29, 0.717) is 43.3 Å². The molecule has 0 unspecified atom stereocenters. The number of aliphatic hydroxyl groups excluding tert-OH is 1. The van der Waals surface area contributed by atoms with Crippen LogP contribution in [0.15, 0.2) is 35.5 Å². The number of fused-ring (bicyclic) bond motifs is 1. The first-order valence-corrected chi connectivity index (χ1v) is 10.1. The van der Waals surface area contributed by atoms with Crippen molar-refractivity contribution in [3.05, 3.63) is 48.1 Å². The summed E-state index contributed by atoms with van der Waals surface area (Å²) in [7, 11) is 0. The Morgan fingerprint density at radius 1 is 1.28 bits per heavy atom. The number of ketones is 1. The Labute approximate surface area is 170 Å². The van der Waals surface area contributed by atoms with E-state index in [-0.39, 0.29) is 18.3 Å². The van der Waals surface area contributed by atoms with E-state index in [9.17, 15) is 4.79 Å². The van der Waals surface area contributed by atoms with Crippen LogP contribution in [0.3, 0.4) is 0 Å². The maximum absolute atomic E-state index is 12.9. The van der Waals surface area contributed by atoms with E-state index >= 15 is 0 Å². The molecule has 8 heteroatoms. The molecule has 0 spiro atoms. The number of furan rings is 1. The van der Waals surface area contributed by atoms with Gasteiger partial charge >= 0.3 is 0 Å². The summed E-state index contributed by atoms with van der Waals surface area (Å²) < 4.78 is 5.55. The normalized spacial score (nSPS) is 19.8. The number of β-amino-alcohol motifs (C(OH)–C–C–N with tert-alkyl or cyclic N) is 1. The van der Waals surface area contributed by atoms with Crippen molar-refractivity contribution < 1.29 is 14.3 Å². The minimum atomic E-state index is 0.00130. The molecule has 2 N–H and O–H groups in total. The van der Waals surface area contributed by atoms with Gasteiger partial charge in [-0.25, -0.2) is 4.98 Å². The lowest BCUT2D eigenvalue weighted by Gasteiger charge is -2.35. The second kappa shape index (κ2) is 8.75. The van der Waals surface area contributed by atoms with Crippen LogP contribution in [-0.2, 0) is 6.42 Å². The average molecular weight is 397 g/mol. The Hall–Kier alpha value is -2.71. The number of Topliss-reactive ketones (excluding diaryl/α,β-unsaturated/α-hetero) is 1. The Kier molecular flexibility index (Phi) is 5.92. The summed E-state index contributed by atoms with van der Waals surface area (Å²) >= 11 is 0. The maximum Gasteiger partial charge on any atom is 0.227 e. The van der Waals surface area contributed by atoms with E-state index in [1.54, 1.807) is 12.3 Å². The molecule has 3 heterocycles. The number of nitrogens with one attached hydrogen (secondary N) is 1. The van der Waals surface area contributed by atoms with E-state index in [1.807, 2.05) is 12.1 Å². The van der Waals surface area contributed by atoms with Crippen molar-refractivity contribution in [3.8, 4) is 0 Å². The van der Waals surface area contributed by atoms with Crippen molar-refractivity contribution >= 4 is 17.5 Å². The molecule has 1 aliphatic heterocycles. The quantitative estimate of drug-likeness (QED) is 0.682. The molecule has 1 aliphatic carbocycles. The smallest absolute Gasteiger partial charge is 0.227 e. The third kappa shape index (κ3) is 4.18. The van der Waals surface area contributed by atoms with Crippen LogP contribution in [0, 0.1) is 0 Å². The third-order valence-corrected chi connectivity index (χ3v) is 5.55. The Morgan fingerprint density at radius 2 is 2.10 bits per heavy atom. The zero-order chi connectivity index (χ0) is 20.2. The Bertz CT molecular complexity index is 859. The second-order valence-electron chi connectivity index (χ2n) is 7.46.